The fourth-order valence-electron chi connectivity index (χ4n) is 2.71. The fraction of sp³-hybridized carbons (Fsp3) is 0.786. The van der Waals surface area contributed by atoms with Crippen LogP contribution in [-0.2, 0) is 13.0 Å². The molecule has 0 radical (unpaired) electrons. The summed E-state index contributed by atoms with van der Waals surface area (Å²) in [6.07, 6.45) is 3.69. The normalized spacial score (nSPS) is 23.2. The van der Waals surface area contributed by atoms with Crippen LogP contribution in [0.2, 0.25) is 0 Å². The number of aryl methyl sites for hydroxylation is 1. The third-order valence-electron chi connectivity index (χ3n) is 3.62. The number of piperidine rings is 1. The minimum absolute atomic E-state index is 0.117. The predicted molar refractivity (Wildman–Crippen MR) is 77.8 cm³/mol. The van der Waals surface area contributed by atoms with Crippen LogP contribution in [0.1, 0.15) is 55.2 Å². The highest BCUT2D eigenvalue weighted by Crippen LogP contribution is 2.26. The van der Waals surface area contributed by atoms with E-state index in [1.54, 1.807) is 0 Å². The van der Waals surface area contributed by atoms with Gasteiger partial charge in [-0.05, 0) is 38.6 Å². The van der Waals surface area contributed by atoms with E-state index < -0.39 is 0 Å². The van der Waals surface area contributed by atoms with Crippen molar-refractivity contribution in [3.63, 3.8) is 0 Å². The molecule has 102 valence electrons. The van der Waals surface area contributed by atoms with E-state index in [1.807, 2.05) is 11.3 Å². The van der Waals surface area contributed by atoms with Crippen LogP contribution in [0.25, 0.3) is 0 Å². The first-order valence-corrected chi connectivity index (χ1v) is 7.88. The molecule has 1 fully saturated rings. The molecule has 2 atom stereocenters. The van der Waals surface area contributed by atoms with Crippen molar-refractivity contribution < 1.29 is 0 Å². The predicted octanol–water partition coefficient (Wildman–Crippen LogP) is 2.96. The van der Waals surface area contributed by atoms with Gasteiger partial charge in [0.1, 0.15) is 5.01 Å². The molecule has 2 N–H and O–H groups in total. The summed E-state index contributed by atoms with van der Waals surface area (Å²) in [6, 6.07) is 0.117. The lowest BCUT2D eigenvalue weighted by Gasteiger charge is -2.29. The third kappa shape index (κ3) is 3.31. The Balaban J connectivity index is 2.04. The van der Waals surface area contributed by atoms with Crippen molar-refractivity contribution in [1.29, 1.82) is 0 Å². The lowest BCUT2D eigenvalue weighted by atomic mass is 10.0. The fourth-order valence-corrected chi connectivity index (χ4v) is 3.86. The molecule has 18 heavy (non-hydrogen) atoms. The van der Waals surface area contributed by atoms with Gasteiger partial charge in [0.25, 0.3) is 0 Å². The second kappa shape index (κ2) is 6.13. The van der Waals surface area contributed by atoms with Crippen LogP contribution < -0.4 is 5.73 Å². The van der Waals surface area contributed by atoms with Gasteiger partial charge in [-0.25, -0.2) is 4.98 Å². The summed E-state index contributed by atoms with van der Waals surface area (Å²) in [7, 11) is 0. The molecule has 1 aromatic heterocycles. The molecule has 3 nitrogen and oxygen atoms in total. The monoisotopic (exact) mass is 267 g/mol. The van der Waals surface area contributed by atoms with Crippen LogP contribution in [0.5, 0.6) is 0 Å². The van der Waals surface area contributed by atoms with Crippen LogP contribution in [0.15, 0.2) is 0 Å². The smallest absolute Gasteiger partial charge is 0.107 e. The number of thiazole rings is 1. The maximum absolute atomic E-state index is 6.02. The van der Waals surface area contributed by atoms with E-state index in [4.69, 9.17) is 10.7 Å². The molecule has 1 saturated heterocycles. The standard InChI is InChI=1S/C14H25N3S/c1-4-12-14(11(3)15)18-13(16-12)9-17-7-5-6-10(2)8-17/h10-11H,4-9,15H2,1-3H3. The molecule has 2 unspecified atom stereocenters. The van der Waals surface area contributed by atoms with Gasteiger partial charge in [0.15, 0.2) is 0 Å². The third-order valence-corrected chi connectivity index (χ3v) is 4.90. The van der Waals surface area contributed by atoms with E-state index in [0.717, 1.165) is 18.9 Å². The van der Waals surface area contributed by atoms with Crippen LogP contribution in [0, 0.1) is 5.92 Å². The SMILES string of the molecule is CCc1nc(CN2CCCC(C)C2)sc1C(C)N. The first kappa shape index (κ1) is 14.0. The minimum Gasteiger partial charge on any atom is -0.323 e. The molecule has 1 aromatic rings. The summed E-state index contributed by atoms with van der Waals surface area (Å²) in [5, 5.41) is 1.24. The summed E-state index contributed by atoms with van der Waals surface area (Å²) in [4.78, 5) is 8.58. The van der Waals surface area contributed by atoms with Gasteiger partial charge in [0.05, 0.1) is 12.2 Å². The molecule has 0 amide bonds. The zero-order valence-electron chi connectivity index (χ0n) is 11.8. The highest BCUT2D eigenvalue weighted by atomic mass is 32.1. The summed E-state index contributed by atoms with van der Waals surface area (Å²) in [5.41, 5.74) is 7.22. The molecule has 0 aliphatic carbocycles. The van der Waals surface area contributed by atoms with Gasteiger partial charge in [-0.2, -0.15) is 0 Å². The van der Waals surface area contributed by atoms with Crippen LogP contribution >= 0.6 is 11.3 Å². The molecule has 4 heteroatoms. The Morgan fingerprint density at radius 3 is 2.89 bits per heavy atom. The minimum atomic E-state index is 0.117. The zero-order valence-corrected chi connectivity index (χ0v) is 12.6. The molecule has 2 heterocycles. The van der Waals surface area contributed by atoms with Gasteiger partial charge >= 0.3 is 0 Å². The molecule has 0 spiro atoms. The average Bonchev–Trinajstić information content (AvgIpc) is 2.72. The van der Waals surface area contributed by atoms with Gasteiger partial charge in [0.2, 0.25) is 0 Å². The Morgan fingerprint density at radius 2 is 2.33 bits per heavy atom. The van der Waals surface area contributed by atoms with E-state index >= 15 is 0 Å². The van der Waals surface area contributed by atoms with Crippen molar-refractivity contribution in [2.45, 2.75) is 52.6 Å². The molecule has 0 saturated carbocycles. The molecular weight excluding hydrogens is 242 g/mol. The molecular formula is C14H25N3S. The number of nitrogens with two attached hydrogens (primary N) is 1. The average molecular weight is 267 g/mol. The Hall–Kier alpha value is -0.450. The van der Waals surface area contributed by atoms with Gasteiger partial charge < -0.3 is 5.73 Å². The first-order valence-electron chi connectivity index (χ1n) is 7.06. The lowest BCUT2D eigenvalue weighted by Crippen LogP contribution is -2.33. The molecule has 1 aliphatic rings. The number of hydrogen-bond donors (Lipinski definition) is 1. The van der Waals surface area contributed by atoms with E-state index in [2.05, 4.69) is 25.7 Å². The van der Waals surface area contributed by atoms with Crippen molar-refractivity contribution in [3.8, 4) is 0 Å². The Labute approximate surface area is 114 Å². The maximum atomic E-state index is 6.02. The second-order valence-electron chi connectivity index (χ2n) is 5.54. The number of aromatic nitrogens is 1. The van der Waals surface area contributed by atoms with E-state index in [-0.39, 0.29) is 6.04 Å². The molecule has 0 bridgehead atoms. The van der Waals surface area contributed by atoms with Crippen LogP contribution in [0.4, 0.5) is 0 Å². The molecule has 2 rings (SSSR count). The number of nitrogens with zero attached hydrogens (tertiary/aromatic N) is 2. The largest absolute Gasteiger partial charge is 0.323 e. The zero-order chi connectivity index (χ0) is 13.1. The van der Waals surface area contributed by atoms with E-state index in [9.17, 15) is 0 Å². The first-order chi connectivity index (χ1) is 8.60. The van der Waals surface area contributed by atoms with Gasteiger partial charge in [0, 0.05) is 17.5 Å². The summed E-state index contributed by atoms with van der Waals surface area (Å²) >= 11 is 1.81. The lowest BCUT2D eigenvalue weighted by molar-refractivity contribution is 0.176. The van der Waals surface area contributed by atoms with Crippen LogP contribution in [-0.4, -0.2) is 23.0 Å². The van der Waals surface area contributed by atoms with Crippen molar-refractivity contribution in [2.24, 2.45) is 11.7 Å². The highest BCUT2D eigenvalue weighted by molar-refractivity contribution is 7.11. The molecule has 0 aromatic carbocycles. The molecule has 1 aliphatic heterocycles. The van der Waals surface area contributed by atoms with Crippen molar-refractivity contribution in [1.82, 2.24) is 9.88 Å². The number of hydrogen-bond acceptors (Lipinski definition) is 4. The summed E-state index contributed by atoms with van der Waals surface area (Å²) in [6.45, 7) is 10.0. The highest BCUT2D eigenvalue weighted by Gasteiger charge is 2.19. The van der Waals surface area contributed by atoms with Crippen molar-refractivity contribution in [3.05, 3.63) is 15.6 Å². The van der Waals surface area contributed by atoms with E-state index in [0.29, 0.717) is 0 Å². The Morgan fingerprint density at radius 1 is 1.56 bits per heavy atom. The van der Waals surface area contributed by atoms with Crippen molar-refractivity contribution in [2.75, 3.05) is 13.1 Å². The van der Waals surface area contributed by atoms with Gasteiger partial charge in [-0.3, -0.25) is 4.90 Å². The summed E-state index contributed by atoms with van der Waals surface area (Å²) < 4.78 is 0. The van der Waals surface area contributed by atoms with Crippen LogP contribution in [0.3, 0.4) is 0 Å². The quantitative estimate of drug-likeness (QED) is 0.912. The summed E-state index contributed by atoms with van der Waals surface area (Å²) in [5.74, 6) is 0.831. The van der Waals surface area contributed by atoms with Crippen molar-refractivity contribution >= 4 is 11.3 Å². The number of likely N-dealkylation sites (tertiary alicyclic amines) is 1. The van der Waals surface area contributed by atoms with Gasteiger partial charge in [-0.1, -0.05) is 13.8 Å². The Kier molecular flexibility index (Phi) is 4.76. The Bertz CT molecular complexity index is 386. The van der Waals surface area contributed by atoms with E-state index in [1.165, 1.54) is 41.5 Å². The van der Waals surface area contributed by atoms with Gasteiger partial charge in [-0.15, -0.1) is 11.3 Å². The maximum Gasteiger partial charge on any atom is 0.107 e. The second-order valence-corrected chi connectivity index (χ2v) is 6.66. The topological polar surface area (TPSA) is 42.2 Å². The number of rotatable bonds is 4.